The van der Waals surface area contributed by atoms with Crippen molar-refractivity contribution < 1.29 is 23.8 Å². The monoisotopic (exact) mass is 514 g/mol. The van der Waals surface area contributed by atoms with Crippen molar-refractivity contribution in [1.82, 2.24) is 5.43 Å². The van der Waals surface area contributed by atoms with E-state index in [9.17, 15) is 9.59 Å². The molecule has 1 atom stereocenters. The lowest BCUT2D eigenvalue weighted by Gasteiger charge is -2.27. The molecule has 4 rings (SSSR count). The Morgan fingerprint density at radius 1 is 0.868 bits per heavy atom. The van der Waals surface area contributed by atoms with Gasteiger partial charge in [-0.1, -0.05) is 59.7 Å². The van der Waals surface area contributed by atoms with E-state index in [1.165, 1.54) is 6.21 Å². The number of hydrogen-bond acceptors (Lipinski definition) is 6. The van der Waals surface area contributed by atoms with Crippen LogP contribution in [0.1, 0.15) is 68.6 Å². The molecule has 1 aliphatic rings. The van der Waals surface area contributed by atoms with Crippen LogP contribution in [-0.4, -0.2) is 30.8 Å². The van der Waals surface area contributed by atoms with Crippen molar-refractivity contribution in [2.75, 3.05) is 6.61 Å². The second-order valence-corrected chi connectivity index (χ2v) is 11.3. The number of ether oxygens (including phenoxy) is 3. The van der Waals surface area contributed by atoms with Crippen LogP contribution in [0.2, 0.25) is 0 Å². The van der Waals surface area contributed by atoms with E-state index in [4.69, 9.17) is 14.2 Å². The number of nitrogens with zero attached hydrogens (tertiary/aromatic N) is 1. The molecule has 1 aliphatic heterocycles. The minimum atomic E-state index is -0.811. The van der Waals surface area contributed by atoms with Crippen molar-refractivity contribution in [2.45, 2.75) is 58.5 Å². The van der Waals surface area contributed by atoms with Crippen molar-refractivity contribution in [3.8, 4) is 17.2 Å². The molecular formula is C31H34N2O5. The van der Waals surface area contributed by atoms with Crippen LogP contribution >= 0.6 is 0 Å². The summed E-state index contributed by atoms with van der Waals surface area (Å²) >= 11 is 0. The Hall–Kier alpha value is -4.13. The van der Waals surface area contributed by atoms with E-state index in [1.807, 2.05) is 30.3 Å². The molecule has 0 spiro atoms. The van der Waals surface area contributed by atoms with Gasteiger partial charge in [0.2, 0.25) is 6.10 Å². The molecule has 7 heteroatoms. The molecule has 3 aromatic rings. The first-order valence-corrected chi connectivity index (χ1v) is 12.6. The zero-order valence-electron chi connectivity index (χ0n) is 22.7. The molecule has 0 unspecified atom stereocenters. The van der Waals surface area contributed by atoms with Gasteiger partial charge in [-0.2, -0.15) is 5.10 Å². The van der Waals surface area contributed by atoms with Crippen LogP contribution in [0.5, 0.6) is 17.2 Å². The van der Waals surface area contributed by atoms with Gasteiger partial charge in [0.15, 0.2) is 11.5 Å². The maximum absolute atomic E-state index is 12.6. The SMILES string of the molecule is CC(C)(C)c1ccc(C(=O)Oc2ccc(/C=N/NC(=O)[C@H]3COc4ccc(C(C)(C)C)cc4O3)cc2)cc1. The number of hydrazone groups is 1. The second-order valence-electron chi connectivity index (χ2n) is 11.3. The summed E-state index contributed by atoms with van der Waals surface area (Å²) in [6.45, 7) is 12.8. The van der Waals surface area contributed by atoms with Crippen molar-refractivity contribution in [2.24, 2.45) is 5.10 Å². The third kappa shape index (κ3) is 6.59. The Morgan fingerprint density at radius 2 is 1.50 bits per heavy atom. The second kappa shape index (κ2) is 10.7. The van der Waals surface area contributed by atoms with Crippen LogP contribution in [0.3, 0.4) is 0 Å². The number of nitrogens with one attached hydrogen (secondary N) is 1. The molecule has 3 aromatic carbocycles. The summed E-state index contributed by atoms with van der Waals surface area (Å²) in [5, 5.41) is 4.03. The van der Waals surface area contributed by atoms with E-state index < -0.39 is 18.0 Å². The van der Waals surface area contributed by atoms with Crippen molar-refractivity contribution in [3.05, 3.63) is 89.0 Å². The fourth-order valence-corrected chi connectivity index (χ4v) is 3.80. The largest absolute Gasteiger partial charge is 0.485 e. The summed E-state index contributed by atoms with van der Waals surface area (Å²) in [6, 6.07) is 20.0. The highest BCUT2D eigenvalue weighted by molar-refractivity contribution is 5.91. The zero-order valence-corrected chi connectivity index (χ0v) is 22.7. The predicted molar refractivity (Wildman–Crippen MR) is 147 cm³/mol. The molecule has 0 aromatic heterocycles. The number of carbonyl (C=O) groups is 2. The van der Waals surface area contributed by atoms with Crippen LogP contribution in [0.15, 0.2) is 71.8 Å². The Morgan fingerprint density at radius 3 is 2.13 bits per heavy atom. The quantitative estimate of drug-likeness (QED) is 0.202. The molecule has 0 saturated carbocycles. The van der Waals surface area contributed by atoms with Crippen LogP contribution in [0.4, 0.5) is 0 Å². The maximum atomic E-state index is 12.6. The number of amides is 1. The highest BCUT2D eigenvalue weighted by Crippen LogP contribution is 2.36. The van der Waals surface area contributed by atoms with Gasteiger partial charge in [-0.15, -0.1) is 0 Å². The molecule has 38 heavy (non-hydrogen) atoms. The van der Waals surface area contributed by atoms with Gasteiger partial charge in [-0.3, -0.25) is 4.79 Å². The molecule has 0 fully saturated rings. The maximum Gasteiger partial charge on any atom is 0.343 e. The third-order valence-corrected chi connectivity index (χ3v) is 6.23. The van der Waals surface area contributed by atoms with Crippen LogP contribution in [-0.2, 0) is 15.6 Å². The standard InChI is InChI=1S/C31H34N2O5/c1-30(2,3)22-11-9-21(10-12-22)29(35)37-24-14-7-20(8-15-24)18-32-33-28(34)27-19-36-25-16-13-23(31(4,5)6)17-26(25)38-27/h7-18,27H,19H2,1-6H3,(H,33,34)/b32-18+/t27-/m1/s1. The van der Waals surface area contributed by atoms with E-state index in [-0.39, 0.29) is 17.4 Å². The summed E-state index contributed by atoms with van der Waals surface area (Å²) < 4.78 is 17.1. The Labute approximate surface area is 223 Å². The predicted octanol–water partition coefficient (Wildman–Crippen LogP) is 5.79. The summed E-state index contributed by atoms with van der Waals surface area (Å²) in [7, 11) is 0. The summed E-state index contributed by atoms with van der Waals surface area (Å²) in [4.78, 5) is 25.1. The molecule has 0 aliphatic carbocycles. The number of rotatable bonds is 5. The van der Waals surface area contributed by atoms with Gasteiger partial charge in [0.05, 0.1) is 11.8 Å². The number of hydrogen-bond donors (Lipinski definition) is 1. The van der Waals surface area contributed by atoms with E-state index in [0.717, 1.165) is 16.7 Å². The van der Waals surface area contributed by atoms with Gasteiger partial charge in [0.1, 0.15) is 12.4 Å². The van der Waals surface area contributed by atoms with E-state index in [2.05, 4.69) is 52.1 Å². The molecule has 0 radical (unpaired) electrons. The first-order chi connectivity index (χ1) is 17.9. The van der Waals surface area contributed by atoms with Crippen molar-refractivity contribution in [1.29, 1.82) is 0 Å². The number of carbonyl (C=O) groups excluding carboxylic acids is 2. The average Bonchev–Trinajstić information content (AvgIpc) is 2.88. The highest BCUT2D eigenvalue weighted by atomic mass is 16.6. The molecule has 1 amide bonds. The highest BCUT2D eigenvalue weighted by Gasteiger charge is 2.28. The van der Waals surface area contributed by atoms with E-state index >= 15 is 0 Å². The Balaban J connectivity index is 1.30. The third-order valence-electron chi connectivity index (χ3n) is 6.23. The van der Waals surface area contributed by atoms with Gasteiger partial charge in [0, 0.05) is 0 Å². The lowest BCUT2D eigenvalue weighted by molar-refractivity contribution is -0.130. The molecule has 7 nitrogen and oxygen atoms in total. The first-order valence-electron chi connectivity index (χ1n) is 12.6. The molecule has 1 heterocycles. The summed E-state index contributed by atoms with van der Waals surface area (Å²) in [5.74, 6) is 0.745. The minimum absolute atomic E-state index is 0.0120. The van der Waals surface area contributed by atoms with Crippen LogP contribution in [0.25, 0.3) is 0 Å². The van der Waals surface area contributed by atoms with Gasteiger partial charge >= 0.3 is 5.97 Å². The van der Waals surface area contributed by atoms with Crippen LogP contribution < -0.4 is 19.6 Å². The van der Waals surface area contributed by atoms with Crippen LogP contribution in [0, 0.1) is 0 Å². The fourth-order valence-electron chi connectivity index (χ4n) is 3.80. The van der Waals surface area contributed by atoms with Crippen molar-refractivity contribution in [3.63, 3.8) is 0 Å². The lowest BCUT2D eigenvalue weighted by atomic mass is 9.87. The lowest BCUT2D eigenvalue weighted by Crippen LogP contribution is -2.42. The Kier molecular flexibility index (Phi) is 7.58. The van der Waals surface area contributed by atoms with E-state index in [0.29, 0.717) is 22.8 Å². The van der Waals surface area contributed by atoms with Gasteiger partial charge in [0.25, 0.3) is 5.91 Å². The molecule has 1 N–H and O–H groups in total. The topological polar surface area (TPSA) is 86.2 Å². The van der Waals surface area contributed by atoms with Gasteiger partial charge in [-0.05, 0) is 76.1 Å². The first kappa shape index (κ1) is 26.9. The van der Waals surface area contributed by atoms with Gasteiger partial charge in [-0.25, -0.2) is 10.2 Å². The molecule has 0 saturated heterocycles. The normalized spacial score (nSPS) is 15.3. The average molecular weight is 515 g/mol. The number of benzene rings is 3. The summed E-state index contributed by atoms with van der Waals surface area (Å²) in [5.41, 5.74) is 5.90. The molecular weight excluding hydrogens is 480 g/mol. The van der Waals surface area contributed by atoms with Crippen molar-refractivity contribution >= 4 is 18.1 Å². The Bertz CT molecular complexity index is 1330. The fraction of sp³-hybridized carbons (Fsp3) is 0.323. The number of fused-ring (bicyclic) bond motifs is 1. The summed E-state index contributed by atoms with van der Waals surface area (Å²) in [6.07, 6.45) is 0.693. The van der Waals surface area contributed by atoms with E-state index in [1.54, 1.807) is 36.4 Å². The minimum Gasteiger partial charge on any atom is -0.485 e. The molecule has 198 valence electrons. The van der Waals surface area contributed by atoms with Gasteiger partial charge < -0.3 is 14.2 Å². The zero-order chi connectivity index (χ0) is 27.5. The number of esters is 1. The molecule has 0 bridgehead atoms. The smallest absolute Gasteiger partial charge is 0.343 e.